The Balaban J connectivity index is 1.95. The van der Waals surface area contributed by atoms with Gasteiger partial charge in [-0.25, -0.2) is 14.1 Å². The van der Waals surface area contributed by atoms with Gasteiger partial charge in [-0.15, -0.1) is 0 Å². The van der Waals surface area contributed by atoms with Crippen LogP contribution >= 0.6 is 23.2 Å². The molecule has 0 saturated heterocycles. The molecule has 0 N–H and O–H groups in total. The Bertz CT molecular complexity index is 851. The molecule has 2 aromatic carbocycles. The van der Waals surface area contributed by atoms with Gasteiger partial charge in [-0.2, -0.15) is 5.10 Å². The zero-order valence-corrected chi connectivity index (χ0v) is 13.9. The Morgan fingerprint density at radius 2 is 1.92 bits per heavy atom. The number of carbonyl (C=O) groups is 1. The molecule has 0 fully saturated rings. The molecule has 0 amide bonds. The first-order valence-electron chi connectivity index (χ1n) is 7.12. The van der Waals surface area contributed by atoms with Crippen molar-refractivity contribution in [1.82, 2.24) is 14.8 Å². The van der Waals surface area contributed by atoms with Gasteiger partial charge in [0, 0.05) is 22.0 Å². The van der Waals surface area contributed by atoms with Gasteiger partial charge >= 0.3 is 0 Å². The molecule has 1 atom stereocenters. The maximum Gasteiger partial charge on any atom is 0.187 e. The first-order valence-corrected chi connectivity index (χ1v) is 7.88. The fraction of sp³-hybridized carbons (Fsp3) is 0.118. The van der Waals surface area contributed by atoms with Crippen LogP contribution in [0, 0.1) is 5.82 Å². The lowest BCUT2D eigenvalue weighted by Crippen LogP contribution is -2.23. The first-order chi connectivity index (χ1) is 11.5. The molecule has 1 heterocycles. The molecule has 0 saturated carbocycles. The number of Topliss-reactive ketones (excluding diaryl/α,β-unsaturated/α-hetero) is 1. The van der Waals surface area contributed by atoms with E-state index in [0.29, 0.717) is 22.0 Å². The third kappa shape index (κ3) is 3.63. The molecule has 4 nitrogen and oxygen atoms in total. The van der Waals surface area contributed by atoms with E-state index < -0.39 is 11.9 Å². The van der Waals surface area contributed by atoms with Crippen molar-refractivity contribution in [2.45, 2.75) is 12.5 Å². The summed E-state index contributed by atoms with van der Waals surface area (Å²) in [6, 6.07) is 9.87. The van der Waals surface area contributed by atoms with E-state index in [2.05, 4.69) is 10.1 Å². The Kier molecular flexibility index (Phi) is 4.92. The van der Waals surface area contributed by atoms with E-state index >= 15 is 0 Å². The van der Waals surface area contributed by atoms with Gasteiger partial charge in [0.2, 0.25) is 0 Å². The van der Waals surface area contributed by atoms with Crippen LogP contribution in [0.5, 0.6) is 0 Å². The monoisotopic (exact) mass is 363 g/mol. The van der Waals surface area contributed by atoms with Crippen molar-refractivity contribution >= 4 is 29.0 Å². The molecule has 0 spiro atoms. The Hall–Kier alpha value is -2.24. The van der Waals surface area contributed by atoms with Gasteiger partial charge in [-0.1, -0.05) is 29.3 Å². The van der Waals surface area contributed by atoms with Crippen molar-refractivity contribution < 1.29 is 9.18 Å². The summed E-state index contributed by atoms with van der Waals surface area (Å²) < 4.78 is 14.6. The van der Waals surface area contributed by atoms with Gasteiger partial charge in [0.25, 0.3) is 0 Å². The quantitative estimate of drug-likeness (QED) is 0.631. The summed E-state index contributed by atoms with van der Waals surface area (Å²) in [7, 11) is 0. The Morgan fingerprint density at radius 3 is 2.54 bits per heavy atom. The third-order valence-electron chi connectivity index (χ3n) is 3.62. The molecule has 0 aliphatic rings. The van der Waals surface area contributed by atoms with E-state index in [1.807, 2.05) is 0 Å². The lowest BCUT2D eigenvalue weighted by molar-refractivity contribution is 0.0916. The van der Waals surface area contributed by atoms with Crippen LogP contribution in [-0.2, 0) is 6.42 Å². The minimum atomic E-state index is -0.642. The van der Waals surface area contributed by atoms with Crippen molar-refractivity contribution in [3.8, 4) is 0 Å². The van der Waals surface area contributed by atoms with Crippen LogP contribution in [0.15, 0.2) is 55.1 Å². The van der Waals surface area contributed by atoms with E-state index in [0.717, 1.165) is 5.56 Å². The summed E-state index contributed by atoms with van der Waals surface area (Å²) in [5.74, 6) is -0.601. The molecule has 0 aliphatic carbocycles. The van der Waals surface area contributed by atoms with Crippen molar-refractivity contribution in [2.75, 3.05) is 0 Å². The third-order valence-corrected chi connectivity index (χ3v) is 4.20. The number of halogens is 3. The maximum atomic E-state index is 13.1. The van der Waals surface area contributed by atoms with Crippen LogP contribution in [0.4, 0.5) is 4.39 Å². The van der Waals surface area contributed by atoms with E-state index in [-0.39, 0.29) is 5.78 Å². The number of rotatable bonds is 5. The van der Waals surface area contributed by atoms with E-state index in [9.17, 15) is 9.18 Å². The molecule has 1 aromatic heterocycles. The summed E-state index contributed by atoms with van der Waals surface area (Å²) in [5.41, 5.74) is 1.15. The molecule has 7 heteroatoms. The minimum Gasteiger partial charge on any atom is -0.292 e. The highest BCUT2D eigenvalue weighted by molar-refractivity contribution is 6.35. The average Bonchev–Trinajstić information content (AvgIpc) is 3.08. The zero-order valence-electron chi connectivity index (χ0n) is 12.4. The van der Waals surface area contributed by atoms with Gasteiger partial charge in [-0.3, -0.25) is 4.79 Å². The second-order valence-electron chi connectivity index (χ2n) is 5.20. The lowest BCUT2D eigenvalue weighted by Gasteiger charge is -2.17. The van der Waals surface area contributed by atoms with Crippen LogP contribution in [0.2, 0.25) is 10.0 Å². The predicted octanol–water partition coefficient (Wildman–Crippen LogP) is 4.39. The molecule has 0 aliphatic heterocycles. The fourth-order valence-electron chi connectivity index (χ4n) is 2.39. The summed E-state index contributed by atoms with van der Waals surface area (Å²) in [4.78, 5) is 16.8. The fourth-order valence-corrected chi connectivity index (χ4v) is 2.87. The van der Waals surface area contributed by atoms with Gasteiger partial charge in [-0.05, 0) is 42.0 Å². The van der Waals surface area contributed by atoms with Crippen LogP contribution in [0.3, 0.4) is 0 Å². The van der Waals surface area contributed by atoms with Gasteiger partial charge in [0.15, 0.2) is 5.78 Å². The van der Waals surface area contributed by atoms with Gasteiger partial charge in [0.1, 0.15) is 24.5 Å². The summed E-state index contributed by atoms with van der Waals surface area (Å²) in [6.07, 6.45) is 3.14. The first kappa shape index (κ1) is 16.6. The highest BCUT2D eigenvalue weighted by Gasteiger charge is 2.24. The van der Waals surface area contributed by atoms with Crippen molar-refractivity contribution in [2.24, 2.45) is 0 Å². The van der Waals surface area contributed by atoms with Crippen LogP contribution < -0.4 is 0 Å². The lowest BCUT2D eigenvalue weighted by atomic mass is 9.97. The summed E-state index contributed by atoms with van der Waals surface area (Å²) in [6.45, 7) is 0. The molecular weight excluding hydrogens is 352 g/mol. The standard InChI is InChI=1S/C17H12Cl2FN3O/c18-13-4-1-12(15(19)8-13)7-16(23-10-21-9-22-23)17(24)11-2-5-14(20)6-3-11/h1-6,8-10,16H,7H2. The van der Waals surface area contributed by atoms with Crippen molar-refractivity contribution in [3.63, 3.8) is 0 Å². The summed E-state index contributed by atoms with van der Waals surface area (Å²) in [5, 5.41) is 5.06. The second-order valence-corrected chi connectivity index (χ2v) is 6.05. The highest BCUT2D eigenvalue weighted by Crippen LogP contribution is 2.26. The van der Waals surface area contributed by atoms with E-state index in [1.54, 1.807) is 18.2 Å². The number of ketones is 1. The highest BCUT2D eigenvalue weighted by atomic mass is 35.5. The number of aromatic nitrogens is 3. The topological polar surface area (TPSA) is 47.8 Å². The molecule has 0 bridgehead atoms. The summed E-state index contributed by atoms with van der Waals surface area (Å²) >= 11 is 12.1. The van der Waals surface area contributed by atoms with Crippen molar-refractivity contribution in [1.29, 1.82) is 0 Å². The number of hydrogen-bond acceptors (Lipinski definition) is 3. The Labute approximate surface area is 147 Å². The van der Waals surface area contributed by atoms with Crippen LogP contribution in [0.1, 0.15) is 22.0 Å². The molecule has 0 radical (unpaired) electrons. The van der Waals surface area contributed by atoms with Crippen molar-refractivity contribution in [3.05, 3.63) is 82.1 Å². The molecule has 122 valence electrons. The molecular formula is C17H12Cl2FN3O. The van der Waals surface area contributed by atoms with E-state index in [4.69, 9.17) is 23.2 Å². The van der Waals surface area contributed by atoms with Crippen LogP contribution in [0.25, 0.3) is 0 Å². The normalized spacial score (nSPS) is 12.1. The smallest absolute Gasteiger partial charge is 0.187 e. The number of carbonyl (C=O) groups excluding carboxylic acids is 1. The average molecular weight is 364 g/mol. The van der Waals surface area contributed by atoms with Gasteiger partial charge < -0.3 is 0 Å². The van der Waals surface area contributed by atoms with E-state index in [1.165, 1.54) is 41.6 Å². The molecule has 3 aromatic rings. The predicted molar refractivity (Wildman–Crippen MR) is 90.0 cm³/mol. The minimum absolute atomic E-state index is 0.202. The zero-order chi connectivity index (χ0) is 17.1. The SMILES string of the molecule is O=C(c1ccc(F)cc1)C(Cc1ccc(Cl)cc1Cl)n1cncn1. The maximum absolute atomic E-state index is 13.1. The number of hydrogen-bond donors (Lipinski definition) is 0. The van der Waals surface area contributed by atoms with Gasteiger partial charge in [0.05, 0.1) is 0 Å². The molecule has 24 heavy (non-hydrogen) atoms. The Morgan fingerprint density at radius 1 is 1.17 bits per heavy atom. The molecule has 3 rings (SSSR count). The number of nitrogens with zero attached hydrogens (tertiary/aromatic N) is 3. The number of benzene rings is 2. The largest absolute Gasteiger partial charge is 0.292 e. The van der Waals surface area contributed by atoms with Crippen LogP contribution in [-0.4, -0.2) is 20.5 Å². The second kappa shape index (κ2) is 7.11. The molecule has 1 unspecified atom stereocenters.